The molecule has 0 bridgehead atoms. The van der Waals surface area contributed by atoms with Crippen LogP contribution in [0.4, 0.5) is 0 Å². The summed E-state index contributed by atoms with van der Waals surface area (Å²) in [5.74, 6) is -26.6. The number of esters is 1. The highest BCUT2D eigenvalue weighted by Gasteiger charge is 2.59. The second-order valence-corrected chi connectivity index (χ2v) is 35.5. The van der Waals surface area contributed by atoms with Crippen molar-refractivity contribution in [1.29, 1.82) is 0 Å². The molecule has 34 unspecified atom stereocenters. The monoisotopic (exact) mass is 2080 g/mol. The first kappa shape index (κ1) is 123. The molecule has 31 N–H and O–H groups in total. The summed E-state index contributed by atoms with van der Waals surface area (Å²) >= 11 is 1.55. The smallest absolute Gasteiger partial charge is 0.326 e. The molecule has 62 heteroatoms. The number of hydrogen-bond acceptors (Lipinski definition) is 42. The zero-order valence-corrected chi connectivity index (χ0v) is 80.7. The number of nitrogens with one attached hydrogen (secondary N) is 14. The van der Waals surface area contributed by atoms with E-state index in [1.165, 1.54) is 13.8 Å². The molecule has 0 spiro atoms. The van der Waals surface area contributed by atoms with Crippen molar-refractivity contribution in [1.82, 2.24) is 74.4 Å². The fourth-order valence-electron chi connectivity index (χ4n) is 13.9. The van der Waals surface area contributed by atoms with E-state index in [2.05, 4.69) is 74.4 Å². The quantitative estimate of drug-likeness (QED) is 0.0251. The SMILES string of the molecule is CC(=O)NC1C(OC2C(COC(C)=O)OC(OC3C(CO)OC(OC4C(CO)OC(O)C(NC(C)=O)C4OC(C)C(=O)NC(C)C(=O)NC(CCC(=O)NC(CSCC(N)C(=O)O)C(=O)NC(C)C(=O)NC(C)C(=O)O)C(=O)O)C(NC(C)=O)C3O)C(NC(C)=O)C2OC(C)C(=O)NC(C)C(=O)NC(CCC(=O)NC(CSCC(N)C(=O)O)C(=O)NC(C)C(=O)NC(C)C(=O)O)C(=O)O)OC(CO)C(O)C1O. The topological polar surface area (TPSA) is 934 Å². The number of rotatable bonds is 57. The van der Waals surface area contributed by atoms with Gasteiger partial charge < -0.3 is 200 Å². The number of amides is 14. The molecular formula is C80H128N16O44S2. The van der Waals surface area contributed by atoms with Crippen LogP contribution in [0, 0.1) is 0 Å². The van der Waals surface area contributed by atoms with Gasteiger partial charge in [-0.1, -0.05) is 0 Å². The number of ether oxygens (including phenoxy) is 10. The van der Waals surface area contributed by atoms with Gasteiger partial charge in [-0.2, -0.15) is 23.5 Å². The first-order valence-electron chi connectivity index (χ1n) is 44.0. The summed E-state index contributed by atoms with van der Waals surface area (Å²) in [5.41, 5.74) is 11.2. The predicted octanol–water partition coefficient (Wildman–Crippen LogP) is -14.6. The highest BCUT2D eigenvalue weighted by molar-refractivity contribution is 7.99. The van der Waals surface area contributed by atoms with E-state index in [1.807, 2.05) is 0 Å². The lowest BCUT2D eigenvalue weighted by Gasteiger charge is -2.52. The van der Waals surface area contributed by atoms with Crippen LogP contribution in [0.15, 0.2) is 0 Å². The maximum atomic E-state index is 14.6. The Kier molecular flexibility index (Phi) is 50.8. The average Bonchev–Trinajstić information content (AvgIpc) is 0.767. The molecular weight excluding hydrogens is 1950 g/mol. The van der Waals surface area contributed by atoms with Crippen molar-refractivity contribution in [3.63, 3.8) is 0 Å². The fraction of sp³-hybridized carbons (Fsp3) is 0.738. The molecule has 34 atom stereocenters. The van der Waals surface area contributed by atoms with Gasteiger partial charge in [-0.25, -0.2) is 9.59 Å². The van der Waals surface area contributed by atoms with E-state index in [9.17, 15) is 167 Å². The third-order valence-electron chi connectivity index (χ3n) is 21.6. The van der Waals surface area contributed by atoms with Crippen LogP contribution in [0.2, 0.25) is 0 Å². The van der Waals surface area contributed by atoms with Crippen molar-refractivity contribution in [2.45, 2.75) is 323 Å². The van der Waals surface area contributed by atoms with Crippen LogP contribution in [0.5, 0.6) is 0 Å². The Morgan fingerprint density at radius 2 is 0.641 bits per heavy atom. The number of aliphatic hydroxyl groups is 7. The molecule has 0 aromatic carbocycles. The Hall–Kier alpha value is -11.1. The van der Waals surface area contributed by atoms with Gasteiger partial charge in [0.25, 0.3) is 0 Å². The van der Waals surface area contributed by atoms with Crippen LogP contribution >= 0.6 is 23.5 Å². The summed E-state index contributed by atoms with van der Waals surface area (Å²) in [4.78, 5) is 272. The average molecular weight is 2080 g/mol. The number of carbonyl (C=O) groups is 21. The number of nitrogens with two attached hydrogens (primary N) is 2. The van der Waals surface area contributed by atoms with E-state index in [-0.39, 0.29) is 17.3 Å². The molecule has 4 fully saturated rings. The molecule has 4 rings (SSSR count). The summed E-state index contributed by atoms with van der Waals surface area (Å²) in [6.07, 6.45) is -40.0. The van der Waals surface area contributed by atoms with Gasteiger partial charge in [-0.15, -0.1) is 0 Å². The van der Waals surface area contributed by atoms with Crippen LogP contribution in [0.1, 0.15) is 116 Å². The minimum absolute atomic E-state index is 0.299. The van der Waals surface area contributed by atoms with Crippen molar-refractivity contribution >= 4 is 148 Å². The van der Waals surface area contributed by atoms with Crippen molar-refractivity contribution in [2.75, 3.05) is 49.4 Å². The van der Waals surface area contributed by atoms with Gasteiger partial charge in [0.15, 0.2) is 25.2 Å². The lowest BCUT2D eigenvalue weighted by Crippen LogP contribution is -2.72. The minimum Gasteiger partial charge on any atom is -0.480 e. The molecule has 60 nitrogen and oxygen atoms in total. The van der Waals surface area contributed by atoms with Crippen LogP contribution < -0.4 is 85.9 Å². The third kappa shape index (κ3) is 38.5. The Morgan fingerprint density at radius 3 is 1.01 bits per heavy atom. The number of carbonyl (C=O) groups excluding carboxylic acids is 15. The van der Waals surface area contributed by atoms with Gasteiger partial charge in [-0.05, 0) is 68.2 Å². The normalized spacial score (nSPS) is 27.2. The molecule has 14 amide bonds. The molecule has 804 valence electrons. The van der Waals surface area contributed by atoms with E-state index >= 15 is 0 Å². The zero-order valence-electron chi connectivity index (χ0n) is 79.1. The third-order valence-corrected chi connectivity index (χ3v) is 23.9. The molecule has 0 aliphatic carbocycles. The van der Waals surface area contributed by atoms with Crippen molar-refractivity contribution in [3.05, 3.63) is 0 Å². The predicted molar refractivity (Wildman–Crippen MR) is 475 cm³/mol. The molecule has 0 radical (unpaired) electrons. The minimum atomic E-state index is -2.35. The summed E-state index contributed by atoms with van der Waals surface area (Å²) in [7, 11) is 0. The van der Waals surface area contributed by atoms with Crippen LogP contribution in [-0.4, -0.2) is 448 Å². The van der Waals surface area contributed by atoms with Gasteiger partial charge in [0, 0.05) is 70.5 Å². The summed E-state index contributed by atoms with van der Waals surface area (Å²) in [5, 5.41) is 169. The van der Waals surface area contributed by atoms with E-state index < -0.39 is 390 Å². The van der Waals surface area contributed by atoms with E-state index in [0.29, 0.717) is 0 Å². The highest BCUT2D eigenvalue weighted by Crippen LogP contribution is 2.37. The van der Waals surface area contributed by atoms with E-state index in [4.69, 9.17) is 58.8 Å². The Balaban J connectivity index is 1.73. The molecule has 0 aromatic heterocycles. The van der Waals surface area contributed by atoms with E-state index in [1.54, 1.807) is 0 Å². The highest BCUT2D eigenvalue weighted by atomic mass is 32.2. The standard InChI is InChI=1S/C80H128N16O44S2/c1-26(63(110)87-30(5)71(118)119)85-69(116)43(24-141-22-39(81)73(122)123)93-49(105)16-14-41(75(126)127)95-65(112)28(3)83-67(114)32(7)132-61-53(91-36(11)102)77(130)134-47(20-99)59(61)139-79-52(90-35(10)101)57(109)58(46(19-98)136-79)138-80-54(92-37(12)103)62(60(48(137-80)21-131-38(13)104)140-78-51(89-34(9)100)56(108)55(107)45(18-97)135-78)133-33(8)68(115)84-29(4)66(113)96-42(76(128)129)15-17-50(106)94-44(25-142-23-40(82)74(124)125)70(117)86-27(2)64(111)88-31(6)72(120)121/h26-33,39-48,51-62,77-80,97-99,107-109,130H,14-25,81-82H2,1-13H3,(H,83,114)(H,84,115)(H,85,116)(H,86,117)(H,87,110)(H,88,111)(H,89,100)(H,90,101)(H,91,102)(H,92,103)(H,93,105)(H,94,106)(H,95,112)(H,96,113)(H,118,119)(H,120,121)(H,122,123)(H,124,125)(H,126,127)(H,128,129). The molecule has 0 aromatic rings. The van der Waals surface area contributed by atoms with Crippen molar-refractivity contribution in [3.8, 4) is 0 Å². The number of hydrogen-bond donors (Lipinski definition) is 29. The van der Waals surface area contributed by atoms with E-state index in [0.717, 1.165) is 99.7 Å². The van der Waals surface area contributed by atoms with Crippen molar-refractivity contribution < 1.29 is 214 Å². The fourth-order valence-corrected chi connectivity index (χ4v) is 15.9. The number of aliphatic hydroxyl groups excluding tert-OH is 7. The number of carboxylic acid groups (broad SMARTS) is 6. The van der Waals surface area contributed by atoms with Gasteiger partial charge in [0.2, 0.25) is 82.7 Å². The Labute approximate surface area is 817 Å². The lowest BCUT2D eigenvalue weighted by molar-refractivity contribution is -0.366. The maximum absolute atomic E-state index is 14.6. The Morgan fingerprint density at radius 1 is 0.324 bits per heavy atom. The van der Waals surface area contributed by atoms with Gasteiger partial charge >= 0.3 is 41.8 Å². The van der Waals surface area contributed by atoms with Crippen LogP contribution in [-0.2, 0) is 148 Å². The number of aliphatic carboxylic acids is 6. The molecule has 4 aliphatic rings. The second-order valence-electron chi connectivity index (χ2n) is 33.3. The van der Waals surface area contributed by atoms with Crippen molar-refractivity contribution in [2.24, 2.45) is 11.5 Å². The van der Waals surface area contributed by atoms with Crippen LogP contribution in [0.3, 0.4) is 0 Å². The summed E-state index contributed by atoms with van der Waals surface area (Å²) < 4.78 is 61.6. The molecule has 4 saturated heterocycles. The molecule has 142 heavy (non-hydrogen) atoms. The Bertz CT molecular complexity index is 4400. The van der Waals surface area contributed by atoms with Gasteiger partial charge in [-0.3, -0.25) is 91.1 Å². The molecule has 4 aliphatic heterocycles. The maximum Gasteiger partial charge on any atom is 0.326 e. The number of thioether (sulfide) groups is 2. The lowest BCUT2D eigenvalue weighted by atomic mass is 9.92. The molecule has 0 saturated carbocycles. The largest absolute Gasteiger partial charge is 0.480 e. The zero-order chi connectivity index (χ0) is 108. The van der Waals surface area contributed by atoms with Gasteiger partial charge in [0.05, 0.1) is 19.8 Å². The molecule has 4 heterocycles. The van der Waals surface area contributed by atoms with Gasteiger partial charge in [0.1, 0.15) is 189 Å². The first-order valence-corrected chi connectivity index (χ1v) is 46.3. The van der Waals surface area contributed by atoms with Crippen LogP contribution in [0.25, 0.3) is 0 Å². The number of carboxylic acids is 6. The summed E-state index contributed by atoms with van der Waals surface area (Å²) in [6.45, 7) is 8.88. The second kappa shape index (κ2) is 58.6. The summed E-state index contributed by atoms with van der Waals surface area (Å²) in [6, 6.07) is -26.9. The first-order chi connectivity index (χ1) is 66.3.